The Balaban J connectivity index is 1.70. The number of carbonyl (C=O) groups is 1. The molecule has 1 aromatic heterocycles. The third kappa shape index (κ3) is 4.30. The van der Waals surface area contributed by atoms with Gasteiger partial charge in [0.15, 0.2) is 0 Å². The first-order valence-electron chi connectivity index (χ1n) is 7.39. The third-order valence-corrected chi connectivity index (χ3v) is 4.32. The van der Waals surface area contributed by atoms with Gasteiger partial charge in [-0.25, -0.2) is 22.3 Å². The average molecular weight is 394 g/mol. The molecule has 0 aliphatic rings. The summed E-state index contributed by atoms with van der Waals surface area (Å²) in [6.07, 6.45) is 0. The van der Waals surface area contributed by atoms with Crippen LogP contribution in [0.15, 0.2) is 47.4 Å². The van der Waals surface area contributed by atoms with Crippen LogP contribution >= 0.6 is 0 Å². The van der Waals surface area contributed by atoms with Crippen molar-refractivity contribution in [1.82, 2.24) is 20.2 Å². The Labute approximate surface area is 151 Å². The van der Waals surface area contributed by atoms with E-state index in [4.69, 9.17) is 5.14 Å². The average Bonchev–Trinajstić information content (AvgIpc) is 3.02. The largest absolute Gasteiger partial charge is 0.324 e. The van der Waals surface area contributed by atoms with Crippen LogP contribution in [0.2, 0.25) is 0 Å². The van der Waals surface area contributed by atoms with Crippen LogP contribution in [-0.4, -0.2) is 34.5 Å². The summed E-state index contributed by atoms with van der Waals surface area (Å²) < 4.78 is 49.8. The fourth-order valence-corrected chi connectivity index (χ4v) is 2.69. The van der Waals surface area contributed by atoms with Gasteiger partial charge in [0, 0.05) is 5.69 Å². The van der Waals surface area contributed by atoms with Crippen molar-refractivity contribution in [2.45, 2.75) is 11.4 Å². The van der Waals surface area contributed by atoms with Crippen molar-refractivity contribution >= 4 is 21.6 Å². The van der Waals surface area contributed by atoms with Crippen molar-refractivity contribution in [3.8, 4) is 11.4 Å². The van der Waals surface area contributed by atoms with Crippen LogP contribution in [0.3, 0.4) is 0 Å². The molecular formula is C15H12F2N6O3S. The standard InChI is InChI=1S/C15H12F2N6O3S/c16-11-2-1-3-12(17)14(11)15-20-22-23(21-15)8-13(24)19-9-4-6-10(7-5-9)27(18,25)26/h1-7H,8H2,(H,19,24)(H2,18,25,26). The first-order chi connectivity index (χ1) is 12.7. The predicted octanol–water partition coefficient (Wildman–Crippen LogP) is 0.904. The molecule has 140 valence electrons. The van der Waals surface area contributed by atoms with Gasteiger partial charge in [-0.3, -0.25) is 4.79 Å². The number of aromatic nitrogens is 4. The summed E-state index contributed by atoms with van der Waals surface area (Å²) in [4.78, 5) is 12.8. The van der Waals surface area contributed by atoms with E-state index >= 15 is 0 Å². The molecule has 3 aromatic rings. The minimum absolute atomic E-state index is 0.102. The van der Waals surface area contributed by atoms with E-state index in [0.29, 0.717) is 5.69 Å². The van der Waals surface area contributed by atoms with Crippen molar-refractivity contribution < 1.29 is 22.0 Å². The van der Waals surface area contributed by atoms with Crippen LogP contribution in [0.25, 0.3) is 11.4 Å². The minimum atomic E-state index is -3.83. The number of nitrogens with two attached hydrogens (primary N) is 1. The van der Waals surface area contributed by atoms with Gasteiger partial charge in [-0.05, 0) is 41.6 Å². The zero-order valence-corrected chi connectivity index (χ0v) is 14.3. The number of hydrogen-bond donors (Lipinski definition) is 2. The number of carbonyl (C=O) groups excluding carboxylic acids is 1. The lowest BCUT2D eigenvalue weighted by molar-refractivity contribution is -0.117. The van der Waals surface area contributed by atoms with Crippen molar-refractivity contribution in [2.24, 2.45) is 5.14 Å². The molecule has 0 saturated carbocycles. The Hall–Kier alpha value is -3.25. The smallest absolute Gasteiger partial charge is 0.248 e. The van der Waals surface area contributed by atoms with Gasteiger partial charge < -0.3 is 5.32 Å². The fourth-order valence-electron chi connectivity index (χ4n) is 2.18. The highest BCUT2D eigenvalue weighted by Gasteiger charge is 2.17. The molecule has 0 aliphatic heterocycles. The number of amides is 1. The van der Waals surface area contributed by atoms with Gasteiger partial charge in [-0.15, -0.1) is 10.2 Å². The number of halogens is 2. The van der Waals surface area contributed by atoms with Crippen LogP contribution in [0.5, 0.6) is 0 Å². The lowest BCUT2D eigenvalue weighted by atomic mass is 10.2. The summed E-state index contributed by atoms with van der Waals surface area (Å²) in [6.45, 7) is -0.375. The Morgan fingerprint density at radius 2 is 1.74 bits per heavy atom. The second kappa shape index (κ2) is 7.17. The maximum absolute atomic E-state index is 13.7. The van der Waals surface area contributed by atoms with Gasteiger partial charge >= 0.3 is 0 Å². The number of nitrogens with one attached hydrogen (secondary N) is 1. The van der Waals surface area contributed by atoms with E-state index in [1.54, 1.807) is 0 Å². The molecule has 3 N–H and O–H groups in total. The number of benzene rings is 2. The maximum Gasteiger partial charge on any atom is 0.248 e. The molecule has 1 amide bonds. The Bertz CT molecular complexity index is 1080. The number of hydrogen-bond acceptors (Lipinski definition) is 6. The van der Waals surface area contributed by atoms with E-state index in [0.717, 1.165) is 16.9 Å². The first-order valence-corrected chi connectivity index (χ1v) is 8.93. The van der Waals surface area contributed by atoms with E-state index in [9.17, 15) is 22.0 Å². The normalized spacial score (nSPS) is 11.4. The van der Waals surface area contributed by atoms with Gasteiger partial charge in [0.25, 0.3) is 0 Å². The molecule has 2 aromatic carbocycles. The van der Waals surface area contributed by atoms with Crippen molar-refractivity contribution in [3.05, 3.63) is 54.1 Å². The van der Waals surface area contributed by atoms with Crippen molar-refractivity contribution in [3.63, 3.8) is 0 Å². The molecule has 0 spiro atoms. The first kappa shape index (κ1) is 18.5. The third-order valence-electron chi connectivity index (χ3n) is 3.39. The molecule has 1 heterocycles. The highest BCUT2D eigenvalue weighted by molar-refractivity contribution is 7.89. The van der Waals surface area contributed by atoms with E-state index in [1.807, 2.05) is 0 Å². The quantitative estimate of drug-likeness (QED) is 0.661. The summed E-state index contributed by atoms with van der Waals surface area (Å²) in [5.74, 6) is -2.56. The lowest BCUT2D eigenvalue weighted by Gasteiger charge is -2.05. The van der Waals surface area contributed by atoms with Gasteiger partial charge in [0.05, 0.1) is 10.5 Å². The van der Waals surface area contributed by atoms with Crippen molar-refractivity contribution in [2.75, 3.05) is 5.32 Å². The predicted molar refractivity (Wildman–Crippen MR) is 89.6 cm³/mol. The lowest BCUT2D eigenvalue weighted by Crippen LogP contribution is -2.20. The molecule has 0 aliphatic carbocycles. The topological polar surface area (TPSA) is 133 Å². The molecule has 9 nitrogen and oxygen atoms in total. The molecule has 3 rings (SSSR count). The number of rotatable bonds is 5. The number of anilines is 1. The summed E-state index contributed by atoms with van der Waals surface area (Å²) in [5, 5.41) is 18.4. The van der Waals surface area contributed by atoms with Crippen LogP contribution in [0, 0.1) is 11.6 Å². The van der Waals surface area contributed by atoms with Crippen LogP contribution in [-0.2, 0) is 21.4 Å². The molecule has 27 heavy (non-hydrogen) atoms. The molecule has 12 heteroatoms. The second-order valence-corrected chi connectivity index (χ2v) is 6.92. The van der Waals surface area contributed by atoms with Gasteiger partial charge in [-0.1, -0.05) is 6.07 Å². The zero-order valence-electron chi connectivity index (χ0n) is 13.5. The summed E-state index contributed by atoms with van der Waals surface area (Å²) in [5.41, 5.74) is -0.129. The SMILES string of the molecule is NS(=O)(=O)c1ccc(NC(=O)Cn2nnc(-c3c(F)cccc3F)n2)cc1. The van der Waals surface area contributed by atoms with E-state index < -0.39 is 33.1 Å². The molecule has 0 radical (unpaired) electrons. The van der Waals surface area contributed by atoms with Crippen molar-refractivity contribution in [1.29, 1.82) is 0 Å². The molecule has 0 atom stereocenters. The number of primary sulfonamides is 1. The molecule has 0 fully saturated rings. The van der Waals surface area contributed by atoms with Gasteiger partial charge in [0.2, 0.25) is 21.8 Å². The Kier molecular flexibility index (Phi) is 4.92. The maximum atomic E-state index is 13.7. The van der Waals surface area contributed by atoms with Crippen LogP contribution in [0.1, 0.15) is 0 Å². The Morgan fingerprint density at radius 1 is 1.11 bits per heavy atom. The molecular weight excluding hydrogens is 382 g/mol. The van der Waals surface area contributed by atoms with Gasteiger partial charge in [0.1, 0.15) is 18.2 Å². The Morgan fingerprint density at radius 3 is 2.33 bits per heavy atom. The van der Waals surface area contributed by atoms with Crippen LogP contribution in [0.4, 0.5) is 14.5 Å². The summed E-state index contributed by atoms with van der Waals surface area (Å²) in [6, 6.07) is 8.48. The number of sulfonamides is 1. The molecule has 0 bridgehead atoms. The van der Waals surface area contributed by atoms with Gasteiger partial charge in [-0.2, -0.15) is 4.80 Å². The summed E-state index contributed by atoms with van der Waals surface area (Å²) >= 11 is 0. The van der Waals surface area contributed by atoms with Crippen LogP contribution < -0.4 is 10.5 Å². The zero-order chi connectivity index (χ0) is 19.6. The monoisotopic (exact) mass is 394 g/mol. The van der Waals surface area contributed by atoms with E-state index in [2.05, 4.69) is 20.7 Å². The molecule has 0 saturated heterocycles. The summed E-state index contributed by atoms with van der Waals surface area (Å²) in [7, 11) is -3.83. The highest BCUT2D eigenvalue weighted by atomic mass is 32.2. The minimum Gasteiger partial charge on any atom is -0.324 e. The molecule has 0 unspecified atom stereocenters. The fraction of sp³-hybridized carbons (Fsp3) is 0.0667. The highest BCUT2D eigenvalue weighted by Crippen LogP contribution is 2.21. The van der Waals surface area contributed by atoms with E-state index in [-0.39, 0.29) is 17.3 Å². The second-order valence-electron chi connectivity index (χ2n) is 5.36. The number of nitrogens with zero attached hydrogens (tertiary/aromatic N) is 4. The van der Waals surface area contributed by atoms with E-state index in [1.165, 1.54) is 30.3 Å². The number of tetrazole rings is 1.